The zero-order valence-corrected chi connectivity index (χ0v) is 18.5. The van der Waals surface area contributed by atoms with Crippen molar-refractivity contribution >= 4 is 34.9 Å². The lowest BCUT2D eigenvalue weighted by Crippen LogP contribution is -2.40. The highest BCUT2D eigenvalue weighted by Crippen LogP contribution is 2.33. The van der Waals surface area contributed by atoms with Crippen molar-refractivity contribution in [2.24, 2.45) is 5.92 Å². The van der Waals surface area contributed by atoms with Crippen LogP contribution in [0.15, 0.2) is 30.6 Å². The number of carbonyl (C=O) groups excluding carboxylic acids is 1. The molecule has 7 nitrogen and oxygen atoms in total. The van der Waals surface area contributed by atoms with Gasteiger partial charge in [0.25, 0.3) is 0 Å². The highest BCUT2D eigenvalue weighted by molar-refractivity contribution is 6.34. The topological polar surface area (TPSA) is 85.4 Å². The highest BCUT2D eigenvalue weighted by Gasteiger charge is 2.31. The van der Waals surface area contributed by atoms with Gasteiger partial charge in [-0.2, -0.15) is 0 Å². The summed E-state index contributed by atoms with van der Waals surface area (Å²) in [5, 5.41) is 7.04. The summed E-state index contributed by atoms with van der Waals surface area (Å²) >= 11 is 12.4. The third-order valence-corrected chi connectivity index (χ3v) is 5.36. The predicted molar refractivity (Wildman–Crippen MR) is 117 cm³/mol. The summed E-state index contributed by atoms with van der Waals surface area (Å²) in [4.78, 5) is 19.4. The Morgan fingerprint density at radius 3 is 2.83 bits per heavy atom. The Balaban J connectivity index is 1.41. The summed E-state index contributed by atoms with van der Waals surface area (Å²) < 4.78 is 11.6. The van der Waals surface area contributed by atoms with Gasteiger partial charge >= 0.3 is 0 Å². The predicted octanol–water partition coefficient (Wildman–Crippen LogP) is 4.09. The van der Waals surface area contributed by atoms with E-state index in [2.05, 4.69) is 20.6 Å². The van der Waals surface area contributed by atoms with Gasteiger partial charge in [-0.1, -0.05) is 35.3 Å². The van der Waals surface area contributed by atoms with Crippen LogP contribution in [0.5, 0.6) is 5.88 Å². The fourth-order valence-corrected chi connectivity index (χ4v) is 3.65. The number of carbonyl (C=O) groups is 1. The summed E-state index contributed by atoms with van der Waals surface area (Å²) in [6.07, 6.45) is 3.45. The van der Waals surface area contributed by atoms with Gasteiger partial charge in [-0.3, -0.25) is 4.79 Å². The molecule has 0 saturated heterocycles. The number of hydrogen-bond acceptors (Lipinski definition) is 6. The molecule has 0 bridgehead atoms. The lowest BCUT2D eigenvalue weighted by molar-refractivity contribution is -0.120. The number of aromatic nitrogens is 2. The maximum Gasteiger partial charge on any atom is 0.237 e. The van der Waals surface area contributed by atoms with Gasteiger partial charge in [0.15, 0.2) is 5.82 Å². The Labute approximate surface area is 186 Å². The smallest absolute Gasteiger partial charge is 0.237 e. The third-order valence-electron chi connectivity index (χ3n) is 4.79. The molecule has 9 heteroatoms. The van der Waals surface area contributed by atoms with Gasteiger partial charge in [-0.15, -0.1) is 0 Å². The van der Waals surface area contributed by atoms with Gasteiger partial charge in [0, 0.05) is 24.5 Å². The average molecular weight is 453 g/mol. The largest absolute Gasteiger partial charge is 0.476 e. The van der Waals surface area contributed by atoms with E-state index in [0.717, 1.165) is 18.4 Å². The molecule has 0 unspecified atom stereocenters. The van der Waals surface area contributed by atoms with Crippen LogP contribution in [0.3, 0.4) is 0 Å². The maximum absolute atomic E-state index is 11.0. The van der Waals surface area contributed by atoms with Crippen LogP contribution in [0.25, 0.3) is 0 Å². The zero-order chi connectivity index (χ0) is 21.5. The van der Waals surface area contributed by atoms with E-state index in [0.29, 0.717) is 47.4 Å². The molecule has 3 rings (SSSR count). The lowest BCUT2D eigenvalue weighted by atomic mass is 9.83. The van der Waals surface area contributed by atoms with Crippen LogP contribution in [0, 0.1) is 5.92 Å². The first-order valence-corrected chi connectivity index (χ1v) is 10.7. The molecule has 0 spiro atoms. The fraction of sp³-hybridized carbons (Fsp3) is 0.476. The third kappa shape index (κ3) is 6.72. The monoisotopic (exact) mass is 452 g/mol. The van der Waals surface area contributed by atoms with E-state index in [1.54, 1.807) is 0 Å². The summed E-state index contributed by atoms with van der Waals surface area (Å²) in [6, 6.07) is 7.58. The Kier molecular flexibility index (Phi) is 8.13. The van der Waals surface area contributed by atoms with E-state index in [-0.39, 0.29) is 18.1 Å². The molecule has 0 radical (unpaired) electrons. The number of anilines is 1. The fourth-order valence-electron chi connectivity index (χ4n) is 3.22. The van der Waals surface area contributed by atoms with Crippen molar-refractivity contribution in [2.75, 3.05) is 18.5 Å². The second kappa shape index (κ2) is 10.8. The maximum atomic E-state index is 11.0. The molecule has 162 valence electrons. The van der Waals surface area contributed by atoms with Gasteiger partial charge in [0.2, 0.25) is 11.8 Å². The first-order valence-electron chi connectivity index (χ1n) is 9.91. The van der Waals surface area contributed by atoms with E-state index < -0.39 is 0 Å². The quantitative estimate of drug-likeness (QED) is 0.564. The van der Waals surface area contributed by atoms with Crippen molar-refractivity contribution < 1.29 is 14.3 Å². The first-order chi connectivity index (χ1) is 14.4. The number of rotatable bonds is 10. The molecule has 1 aliphatic rings. The van der Waals surface area contributed by atoms with Gasteiger partial charge in [0.1, 0.15) is 11.3 Å². The minimum Gasteiger partial charge on any atom is -0.476 e. The van der Waals surface area contributed by atoms with Gasteiger partial charge in [-0.05, 0) is 43.4 Å². The standard InChI is InChI=1S/C21H26Cl2N4O3/c1-13(27-14(2)28)10-29-18-7-16(8-18)11-30-21-19(23)20(25-12-26-21)24-9-15-4-3-5-17(22)6-15/h3-6,12-13,16,18H,7-11H2,1-2H3,(H,27,28)(H,24,25,26)/t13-,16?,18?/m0/s1. The van der Waals surface area contributed by atoms with Crippen molar-refractivity contribution in [3.63, 3.8) is 0 Å². The van der Waals surface area contributed by atoms with E-state index in [9.17, 15) is 4.79 Å². The molecule has 1 fully saturated rings. The van der Waals surface area contributed by atoms with Crippen LogP contribution in [0.1, 0.15) is 32.3 Å². The molecular formula is C21H26Cl2N4O3. The number of nitrogens with zero attached hydrogens (tertiary/aromatic N) is 2. The number of hydrogen-bond donors (Lipinski definition) is 2. The molecule has 0 aliphatic heterocycles. The number of nitrogens with one attached hydrogen (secondary N) is 2. The van der Waals surface area contributed by atoms with Crippen molar-refractivity contribution in [1.29, 1.82) is 0 Å². The van der Waals surface area contributed by atoms with E-state index in [4.69, 9.17) is 32.7 Å². The van der Waals surface area contributed by atoms with Crippen LogP contribution in [0.4, 0.5) is 5.82 Å². The minimum absolute atomic E-state index is 0.00968. The zero-order valence-electron chi connectivity index (χ0n) is 17.0. The van der Waals surface area contributed by atoms with Crippen molar-refractivity contribution in [3.8, 4) is 5.88 Å². The van der Waals surface area contributed by atoms with E-state index >= 15 is 0 Å². The number of ether oxygens (including phenoxy) is 2. The summed E-state index contributed by atoms with van der Waals surface area (Å²) in [7, 11) is 0. The number of amides is 1. The normalized spacial score (nSPS) is 18.9. The average Bonchev–Trinajstić information content (AvgIpc) is 2.66. The van der Waals surface area contributed by atoms with Crippen molar-refractivity contribution in [2.45, 2.75) is 45.4 Å². The van der Waals surface area contributed by atoms with Gasteiger partial charge in [0.05, 0.1) is 19.3 Å². The second-order valence-electron chi connectivity index (χ2n) is 7.53. The molecule has 1 atom stereocenters. The van der Waals surface area contributed by atoms with Crippen molar-refractivity contribution in [3.05, 3.63) is 46.2 Å². The Bertz CT molecular complexity index is 862. The molecule has 2 N–H and O–H groups in total. The van der Waals surface area contributed by atoms with E-state index in [1.165, 1.54) is 13.3 Å². The second-order valence-corrected chi connectivity index (χ2v) is 8.34. The molecule has 30 heavy (non-hydrogen) atoms. The van der Waals surface area contributed by atoms with Gasteiger partial charge in [-0.25, -0.2) is 9.97 Å². The molecule has 1 amide bonds. The molecule has 1 aliphatic carbocycles. The number of benzene rings is 1. The summed E-state index contributed by atoms with van der Waals surface area (Å²) in [5.41, 5.74) is 1.02. The molecule has 1 saturated carbocycles. The van der Waals surface area contributed by atoms with Gasteiger partial charge < -0.3 is 20.1 Å². The number of halogens is 2. The molecule has 1 heterocycles. The van der Waals surface area contributed by atoms with Crippen LogP contribution in [-0.2, 0) is 16.1 Å². The Morgan fingerprint density at radius 1 is 1.30 bits per heavy atom. The van der Waals surface area contributed by atoms with Crippen LogP contribution < -0.4 is 15.4 Å². The molecular weight excluding hydrogens is 427 g/mol. The van der Waals surface area contributed by atoms with E-state index in [1.807, 2.05) is 31.2 Å². The first kappa shape index (κ1) is 22.6. The summed E-state index contributed by atoms with van der Waals surface area (Å²) in [6.45, 7) is 5.00. The van der Waals surface area contributed by atoms with Crippen LogP contribution in [0.2, 0.25) is 10.0 Å². The lowest BCUT2D eigenvalue weighted by Gasteiger charge is -2.35. The highest BCUT2D eigenvalue weighted by atomic mass is 35.5. The summed E-state index contributed by atoms with van der Waals surface area (Å²) in [5.74, 6) is 1.22. The van der Waals surface area contributed by atoms with Crippen LogP contribution in [-0.4, -0.2) is 41.2 Å². The molecule has 2 aromatic rings. The Hall–Kier alpha value is -2.09. The molecule has 1 aromatic heterocycles. The van der Waals surface area contributed by atoms with Crippen LogP contribution >= 0.6 is 23.2 Å². The molecule has 1 aromatic carbocycles. The van der Waals surface area contributed by atoms with Crippen molar-refractivity contribution in [1.82, 2.24) is 15.3 Å². The Morgan fingerprint density at radius 2 is 2.10 bits per heavy atom. The SMILES string of the molecule is CC(=O)N[C@@H](C)COC1CC(COc2ncnc(NCc3cccc(Cl)c3)c2Cl)C1. The minimum atomic E-state index is -0.0471.